The van der Waals surface area contributed by atoms with Crippen LogP contribution in [0, 0.1) is 6.92 Å². The van der Waals surface area contributed by atoms with Crippen LogP contribution >= 0.6 is 0 Å². The van der Waals surface area contributed by atoms with E-state index in [2.05, 4.69) is 20.6 Å². The molecule has 26 heavy (non-hydrogen) atoms. The summed E-state index contributed by atoms with van der Waals surface area (Å²) in [6.07, 6.45) is 1.66. The molecule has 6 heteroatoms. The van der Waals surface area contributed by atoms with Crippen LogP contribution in [0.4, 0.5) is 11.4 Å². The van der Waals surface area contributed by atoms with E-state index >= 15 is 0 Å². The summed E-state index contributed by atoms with van der Waals surface area (Å²) in [4.78, 5) is 32.4. The number of amides is 2. The number of hydrogen-bond donors (Lipinski definition) is 2. The molecule has 0 aliphatic rings. The Kier molecular flexibility index (Phi) is 5.03. The lowest BCUT2D eigenvalue weighted by Crippen LogP contribution is -2.16. The highest BCUT2D eigenvalue weighted by Crippen LogP contribution is 2.18. The highest BCUT2D eigenvalue weighted by atomic mass is 16.2. The van der Waals surface area contributed by atoms with Gasteiger partial charge in [0.2, 0.25) is 5.91 Å². The largest absolute Gasteiger partial charge is 0.326 e. The Hall–Kier alpha value is -3.54. The summed E-state index contributed by atoms with van der Waals surface area (Å²) < 4.78 is 0. The maximum Gasteiger partial charge on any atom is 0.276 e. The highest BCUT2D eigenvalue weighted by Gasteiger charge is 2.14. The van der Waals surface area contributed by atoms with Crippen LogP contribution in [0.3, 0.4) is 0 Å². The molecule has 0 fully saturated rings. The topological polar surface area (TPSA) is 84.0 Å². The third-order valence-electron chi connectivity index (χ3n) is 3.70. The molecular weight excluding hydrogens is 328 g/mol. The average Bonchev–Trinajstić information content (AvgIpc) is 2.64. The van der Waals surface area contributed by atoms with Crippen molar-refractivity contribution in [3.05, 3.63) is 72.2 Å². The minimum absolute atomic E-state index is 0.148. The van der Waals surface area contributed by atoms with Crippen molar-refractivity contribution >= 4 is 23.2 Å². The number of aryl methyl sites for hydroxylation is 1. The fraction of sp³-hybridized carbons (Fsp3) is 0.100. The first-order valence-corrected chi connectivity index (χ1v) is 8.11. The maximum atomic E-state index is 12.6. The molecule has 3 aromatic rings. The second kappa shape index (κ2) is 7.57. The highest BCUT2D eigenvalue weighted by molar-refractivity contribution is 6.04. The smallest absolute Gasteiger partial charge is 0.276 e. The summed E-state index contributed by atoms with van der Waals surface area (Å²) in [7, 11) is 0. The number of nitrogens with one attached hydrogen (secondary N) is 2. The Balaban J connectivity index is 1.80. The molecule has 0 aliphatic heterocycles. The molecule has 1 heterocycles. The number of benzene rings is 2. The van der Waals surface area contributed by atoms with E-state index in [0.29, 0.717) is 22.8 Å². The first-order valence-electron chi connectivity index (χ1n) is 8.11. The van der Waals surface area contributed by atoms with Gasteiger partial charge >= 0.3 is 0 Å². The number of hydrogen-bond acceptors (Lipinski definition) is 4. The fourth-order valence-corrected chi connectivity index (χ4v) is 2.44. The molecule has 0 aliphatic carbocycles. The van der Waals surface area contributed by atoms with Crippen molar-refractivity contribution in [1.29, 1.82) is 0 Å². The Morgan fingerprint density at radius 3 is 2.12 bits per heavy atom. The molecule has 0 atom stereocenters. The summed E-state index contributed by atoms with van der Waals surface area (Å²) in [5, 5.41) is 5.48. The predicted molar refractivity (Wildman–Crippen MR) is 101 cm³/mol. The van der Waals surface area contributed by atoms with Crippen molar-refractivity contribution in [3.63, 3.8) is 0 Å². The van der Waals surface area contributed by atoms with Gasteiger partial charge in [-0.1, -0.05) is 30.3 Å². The molecule has 1 aromatic heterocycles. The SMILES string of the molecule is CC(=O)Nc1ccc(NC(=O)c2nc(-c3ccccc3)cnc2C)cc1. The molecule has 0 saturated heterocycles. The van der Waals surface area contributed by atoms with Gasteiger partial charge in [0.25, 0.3) is 5.91 Å². The van der Waals surface area contributed by atoms with Gasteiger partial charge in [0.15, 0.2) is 0 Å². The Morgan fingerprint density at radius 1 is 0.885 bits per heavy atom. The van der Waals surface area contributed by atoms with Crippen LogP contribution < -0.4 is 10.6 Å². The van der Waals surface area contributed by atoms with Crippen molar-refractivity contribution in [3.8, 4) is 11.3 Å². The summed E-state index contributed by atoms with van der Waals surface area (Å²) >= 11 is 0. The van der Waals surface area contributed by atoms with E-state index in [1.807, 2.05) is 30.3 Å². The van der Waals surface area contributed by atoms with E-state index in [0.717, 1.165) is 5.56 Å². The fourth-order valence-electron chi connectivity index (χ4n) is 2.44. The normalized spacial score (nSPS) is 10.2. The zero-order valence-corrected chi connectivity index (χ0v) is 14.5. The second-order valence-electron chi connectivity index (χ2n) is 5.77. The van der Waals surface area contributed by atoms with E-state index in [-0.39, 0.29) is 17.5 Å². The van der Waals surface area contributed by atoms with Gasteiger partial charge in [-0.3, -0.25) is 14.6 Å². The third-order valence-corrected chi connectivity index (χ3v) is 3.70. The predicted octanol–water partition coefficient (Wildman–Crippen LogP) is 3.66. The minimum Gasteiger partial charge on any atom is -0.326 e. The number of rotatable bonds is 4. The molecule has 6 nitrogen and oxygen atoms in total. The van der Waals surface area contributed by atoms with Gasteiger partial charge in [-0.2, -0.15) is 0 Å². The van der Waals surface area contributed by atoms with Gasteiger partial charge in [-0.15, -0.1) is 0 Å². The molecule has 0 saturated carbocycles. The van der Waals surface area contributed by atoms with Crippen LogP contribution in [0.2, 0.25) is 0 Å². The van der Waals surface area contributed by atoms with Crippen molar-refractivity contribution < 1.29 is 9.59 Å². The average molecular weight is 346 g/mol. The van der Waals surface area contributed by atoms with Crippen LogP contribution in [0.15, 0.2) is 60.8 Å². The second-order valence-corrected chi connectivity index (χ2v) is 5.77. The van der Waals surface area contributed by atoms with Gasteiger partial charge < -0.3 is 10.6 Å². The van der Waals surface area contributed by atoms with Crippen LogP contribution in [0.1, 0.15) is 23.1 Å². The molecule has 0 unspecified atom stereocenters. The van der Waals surface area contributed by atoms with E-state index in [4.69, 9.17) is 0 Å². The number of carbonyl (C=O) groups excluding carboxylic acids is 2. The van der Waals surface area contributed by atoms with Crippen LogP contribution in [-0.4, -0.2) is 21.8 Å². The van der Waals surface area contributed by atoms with Crippen molar-refractivity contribution in [2.24, 2.45) is 0 Å². The summed E-state index contributed by atoms with van der Waals surface area (Å²) in [6, 6.07) is 16.4. The maximum absolute atomic E-state index is 12.6. The quantitative estimate of drug-likeness (QED) is 0.755. The molecular formula is C20H18N4O2. The lowest BCUT2D eigenvalue weighted by molar-refractivity contribution is -0.114. The number of carbonyl (C=O) groups is 2. The Labute approximate surface area is 151 Å². The first kappa shape index (κ1) is 17.3. The van der Waals surface area contributed by atoms with Crippen LogP contribution in [0.25, 0.3) is 11.3 Å². The molecule has 0 spiro atoms. The van der Waals surface area contributed by atoms with Crippen LogP contribution in [-0.2, 0) is 4.79 Å². The first-order chi connectivity index (χ1) is 12.5. The van der Waals surface area contributed by atoms with E-state index in [1.54, 1.807) is 37.4 Å². The zero-order valence-electron chi connectivity index (χ0n) is 14.5. The molecule has 0 radical (unpaired) electrons. The molecule has 2 aromatic carbocycles. The van der Waals surface area contributed by atoms with Gasteiger partial charge in [-0.25, -0.2) is 4.98 Å². The Bertz CT molecular complexity index is 938. The lowest BCUT2D eigenvalue weighted by Gasteiger charge is -2.09. The number of nitrogens with zero attached hydrogens (tertiary/aromatic N) is 2. The summed E-state index contributed by atoms with van der Waals surface area (Å²) in [5.41, 5.74) is 3.64. The lowest BCUT2D eigenvalue weighted by atomic mass is 10.1. The van der Waals surface area contributed by atoms with Crippen molar-refractivity contribution in [2.75, 3.05) is 10.6 Å². The van der Waals surface area contributed by atoms with E-state index < -0.39 is 0 Å². The molecule has 130 valence electrons. The van der Waals surface area contributed by atoms with E-state index in [9.17, 15) is 9.59 Å². The number of aromatic nitrogens is 2. The minimum atomic E-state index is -0.333. The van der Waals surface area contributed by atoms with Gasteiger partial charge in [-0.05, 0) is 31.2 Å². The van der Waals surface area contributed by atoms with Gasteiger partial charge in [0.1, 0.15) is 5.69 Å². The van der Waals surface area contributed by atoms with Crippen molar-refractivity contribution in [2.45, 2.75) is 13.8 Å². The zero-order chi connectivity index (χ0) is 18.5. The standard InChI is InChI=1S/C20H18N4O2/c1-13-19(24-18(12-21-13)15-6-4-3-5-7-15)20(26)23-17-10-8-16(9-11-17)22-14(2)25/h3-12H,1-2H3,(H,22,25)(H,23,26). The Morgan fingerprint density at radius 2 is 1.50 bits per heavy atom. The van der Waals surface area contributed by atoms with E-state index in [1.165, 1.54) is 6.92 Å². The summed E-state index contributed by atoms with van der Waals surface area (Å²) in [5.74, 6) is -0.481. The van der Waals surface area contributed by atoms with Crippen LogP contribution in [0.5, 0.6) is 0 Å². The van der Waals surface area contributed by atoms with Gasteiger partial charge in [0.05, 0.1) is 17.6 Å². The monoisotopic (exact) mass is 346 g/mol. The summed E-state index contributed by atoms with van der Waals surface area (Å²) in [6.45, 7) is 3.19. The van der Waals surface area contributed by atoms with Gasteiger partial charge in [0, 0.05) is 23.9 Å². The molecule has 0 bridgehead atoms. The van der Waals surface area contributed by atoms with Crippen molar-refractivity contribution in [1.82, 2.24) is 9.97 Å². The molecule has 3 rings (SSSR count). The molecule has 2 amide bonds. The third kappa shape index (κ3) is 4.10. The molecule has 2 N–H and O–H groups in total. The number of anilines is 2.